The van der Waals surface area contributed by atoms with Crippen LogP contribution in [0.3, 0.4) is 0 Å². The predicted octanol–water partition coefficient (Wildman–Crippen LogP) is -2.72. The number of carbonyl (C=O) groups is 1. The Kier molecular flexibility index (Phi) is 10.6. The van der Waals surface area contributed by atoms with Crippen LogP contribution in [-0.2, 0) is 41.1 Å². The third-order valence-electron chi connectivity index (χ3n) is 7.07. The highest BCUT2D eigenvalue weighted by Crippen LogP contribution is 2.61. The number of carboxylic acids is 1. The summed E-state index contributed by atoms with van der Waals surface area (Å²) in [6.07, 6.45) is -10.3. The molecular formula is C21H29N7O18P3+. The van der Waals surface area contributed by atoms with Gasteiger partial charge in [0.15, 0.2) is 41.7 Å². The predicted molar refractivity (Wildman–Crippen MR) is 153 cm³/mol. The van der Waals surface area contributed by atoms with E-state index in [1.54, 1.807) is 0 Å². The minimum absolute atomic E-state index is 0.0497. The molecule has 12 N–H and O–H groups in total. The first-order valence-electron chi connectivity index (χ1n) is 13.5. The zero-order valence-corrected chi connectivity index (χ0v) is 27.0. The number of hydrogen-bond acceptors (Lipinski definition) is 18. The van der Waals surface area contributed by atoms with Gasteiger partial charge in [-0.1, -0.05) is 0 Å². The lowest BCUT2D eigenvalue weighted by Gasteiger charge is -2.22. The lowest BCUT2D eigenvalue weighted by atomic mass is 10.1. The van der Waals surface area contributed by atoms with E-state index >= 15 is 0 Å². The van der Waals surface area contributed by atoms with E-state index in [-0.39, 0.29) is 28.5 Å². The highest BCUT2D eigenvalue weighted by atomic mass is 31.3. The van der Waals surface area contributed by atoms with Crippen molar-refractivity contribution in [1.29, 1.82) is 0 Å². The van der Waals surface area contributed by atoms with Gasteiger partial charge in [-0.3, -0.25) is 18.1 Å². The number of anilines is 2. The highest BCUT2D eigenvalue weighted by Gasteiger charge is 2.52. The fourth-order valence-electron chi connectivity index (χ4n) is 4.93. The van der Waals surface area contributed by atoms with Gasteiger partial charge in [0.25, 0.3) is 6.23 Å². The third kappa shape index (κ3) is 8.30. The van der Waals surface area contributed by atoms with Crippen LogP contribution in [0.4, 0.5) is 11.8 Å². The number of nitrogen functional groups attached to an aromatic ring is 2. The smallest absolute Gasteiger partial charge is 0.477 e. The molecule has 0 amide bonds. The summed E-state index contributed by atoms with van der Waals surface area (Å²) in [6.45, 7) is -2.12. The maximum absolute atomic E-state index is 12.6. The SMILES string of the molecule is Nc1ncnc2c1nc(N)n2[C@@H]1O[C@H](COP(=O)(O)OP(=O)(O)OC[C@H]2O[C@@H]([n+]3cccc(C(=O)O)c3)[C@H](O)[C@@H]2O)[C@@H](O)[C@H]1OP(=O)(O)O. The minimum atomic E-state index is -5.57. The molecule has 28 heteroatoms. The number of imidazole rings is 1. The fraction of sp³-hybridized carbons (Fsp3) is 0.476. The molecule has 270 valence electrons. The number of ether oxygens (including phenoxy) is 2. The Morgan fingerprint density at radius 2 is 1.59 bits per heavy atom. The Balaban J connectivity index is 1.23. The monoisotopic (exact) mass is 760 g/mol. The summed E-state index contributed by atoms with van der Waals surface area (Å²) >= 11 is 0. The van der Waals surface area contributed by atoms with Gasteiger partial charge in [-0.15, -0.1) is 0 Å². The first kappa shape index (κ1) is 37.2. The number of carboxylic acid groups (broad SMARTS) is 1. The van der Waals surface area contributed by atoms with Crippen molar-refractivity contribution in [1.82, 2.24) is 19.5 Å². The first-order chi connectivity index (χ1) is 22.8. The van der Waals surface area contributed by atoms with E-state index in [2.05, 4.69) is 32.8 Å². The lowest BCUT2D eigenvalue weighted by molar-refractivity contribution is -0.765. The number of aliphatic hydroxyl groups is 3. The van der Waals surface area contributed by atoms with Crippen LogP contribution in [0.2, 0.25) is 0 Å². The van der Waals surface area contributed by atoms with Gasteiger partial charge in [0.1, 0.15) is 42.4 Å². The highest BCUT2D eigenvalue weighted by molar-refractivity contribution is 7.61. The van der Waals surface area contributed by atoms with Gasteiger partial charge in [-0.05, 0) is 6.07 Å². The summed E-state index contributed by atoms with van der Waals surface area (Å²) in [5, 5.41) is 40.7. The summed E-state index contributed by atoms with van der Waals surface area (Å²) in [7, 11) is -16.4. The van der Waals surface area contributed by atoms with Gasteiger partial charge < -0.3 is 60.9 Å². The second-order valence-electron chi connectivity index (χ2n) is 10.4. The summed E-state index contributed by atoms with van der Waals surface area (Å²) in [6, 6.07) is 2.58. The van der Waals surface area contributed by atoms with Crippen molar-refractivity contribution in [2.45, 2.75) is 49.1 Å². The molecule has 2 saturated heterocycles. The molecule has 0 bridgehead atoms. The molecule has 0 saturated carbocycles. The van der Waals surface area contributed by atoms with Crippen molar-refractivity contribution in [3.63, 3.8) is 0 Å². The van der Waals surface area contributed by atoms with Crippen LogP contribution in [0.5, 0.6) is 0 Å². The number of nitrogens with two attached hydrogens (primary N) is 2. The van der Waals surface area contributed by atoms with Crippen molar-refractivity contribution in [2.24, 2.45) is 0 Å². The van der Waals surface area contributed by atoms with E-state index in [0.717, 1.165) is 21.7 Å². The topological polar surface area (TPSA) is 385 Å². The van der Waals surface area contributed by atoms with Crippen LogP contribution in [-0.4, -0.2) is 115 Å². The van der Waals surface area contributed by atoms with Crippen LogP contribution in [0.1, 0.15) is 22.8 Å². The maximum atomic E-state index is 12.6. The minimum Gasteiger partial charge on any atom is -0.477 e. The molecule has 0 aromatic carbocycles. The van der Waals surface area contributed by atoms with Crippen molar-refractivity contribution in [3.8, 4) is 0 Å². The Bertz CT molecular complexity index is 1860. The number of phosphoric acid groups is 3. The van der Waals surface area contributed by atoms with E-state index in [1.165, 1.54) is 18.3 Å². The molecule has 2 unspecified atom stereocenters. The zero-order chi connectivity index (χ0) is 36.1. The zero-order valence-electron chi connectivity index (χ0n) is 24.3. The number of fused-ring (bicyclic) bond motifs is 1. The molecule has 0 spiro atoms. The molecule has 2 fully saturated rings. The average Bonchev–Trinajstić information content (AvgIpc) is 3.60. The van der Waals surface area contributed by atoms with E-state index in [9.17, 15) is 58.5 Å². The maximum Gasteiger partial charge on any atom is 0.481 e. The van der Waals surface area contributed by atoms with Crippen LogP contribution >= 0.6 is 23.5 Å². The summed E-state index contributed by atoms with van der Waals surface area (Å²) in [4.78, 5) is 62.0. The Morgan fingerprint density at radius 3 is 2.20 bits per heavy atom. The van der Waals surface area contributed by atoms with Crippen molar-refractivity contribution in [3.05, 3.63) is 36.4 Å². The number of pyridine rings is 1. The largest absolute Gasteiger partial charge is 0.481 e. The Hall–Kier alpha value is -3.06. The summed E-state index contributed by atoms with van der Waals surface area (Å²) in [5.41, 5.74) is 11.3. The number of hydrogen-bond donors (Lipinski definition) is 10. The molecule has 25 nitrogen and oxygen atoms in total. The van der Waals surface area contributed by atoms with Gasteiger partial charge >= 0.3 is 29.4 Å². The van der Waals surface area contributed by atoms with Gasteiger partial charge in [0, 0.05) is 6.07 Å². The molecule has 5 rings (SSSR count). The molecule has 2 aliphatic heterocycles. The third-order valence-corrected chi connectivity index (χ3v) is 10.2. The van der Waals surface area contributed by atoms with E-state index in [1.807, 2.05) is 0 Å². The van der Waals surface area contributed by atoms with Gasteiger partial charge in [-0.2, -0.15) is 8.88 Å². The normalized spacial score (nSPS) is 29.9. The lowest BCUT2D eigenvalue weighted by Crippen LogP contribution is -2.46. The molecule has 3 aromatic rings. The molecule has 2 aliphatic rings. The Morgan fingerprint density at radius 1 is 0.959 bits per heavy atom. The number of aromatic carboxylic acids is 1. The Labute approximate surface area is 272 Å². The molecule has 5 heterocycles. The van der Waals surface area contributed by atoms with Gasteiger partial charge in [-0.25, -0.2) is 33.4 Å². The number of aromatic nitrogens is 5. The molecular weight excluding hydrogens is 731 g/mol. The van der Waals surface area contributed by atoms with Crippen molar-refractivity contribution in [2.75, 3.05) is 24.7 Å². The molecule has 0 radical (unpaired) electrons. The number of phosphoric ester groups is 3. The van der Waals surface area contributed by atoms with Crippen LogP contribution < -0.4 is 16.0 Å². The molecule has 10 atom stereocenters. The van der Waals surface area contributed by atoms with E-state index < -0.39 is 91.7 Å². The van der Waals surface area contributed by atoms with Crippen molar-refractivity contribution < 1.29 is 90.4 Å². The standard InChI is InChI=1S/C21H28N7O18P3/c22-16-11-17(25-7-24-16)28(21(23)26-11)19-15(45-47(34,35)36)13(30)10(44-19)6-42-49(39,40)46-48(37,38)41-5-9-12(29)14(31)18(43-9)27-3-1-2-8(4-27)20(32)33/h1-4,7,9-10,12-15,18-19,29-31H,5-6H2,(H8-,22,23,24,25,26,32,33,34,35,36,37,38,39,40)/p+1/t9-,10-,12-,13-,14-,15-,18-,19-/m1/s1. The second-order valence-corrected chi connectivity index (χ2v) is 14.6. The van der Waals surface area contributed by atoms with Crippen LogP contribution in [0.25, 0.3) is 11.2 Å². The molecule has 49 heavy (non-hydrogen) atoms. The van der Waals surface area contributed by atoms with Crippen LogP contribution in [0.15, 0.2) is 30.9 Å². The van der Waals surface area contributed by atoms with E-state index in [4.69, 9.17) is 20.9 Å². The average molecular weight is 760 g/mol. The first-order valence-corrected chi connectivity index (χ1v) is 18.0. The fourth-order valence-corrected chi connectivity index (χ4v) is 7.57. The number of nitrogens with zero attached hydrogens (tertiary/aromatic N) is 5. The van der Waals surface area contributed by atoms with Crippen molar-refractivity contribution >= 4 is 52.4 Å². The number of aliphatic hydroxyl groups excluding tert-OH is 3. The van der Waals surface area contributed by atoms with Gasteiger partial charge in [0.05, 0.1) is 13.2 Å². The summed E-state index contributed by atoms with van der Waals surface area (Å²) < 4.78 is 68.1. The van der Waals surface area contributed by atoms with Gasteiger partial charge in [0.2, 0.25) is 5.95 Å². The molecule has 3 aromatic heterocycles. The van der Waals surface area contributed by atoms with E-state index in [0.29, 0.717) is 0 Å². The quantitative estimate of drug-likeness (QED) is 0.0625. The van der Waals surface area contributed by atoms with Crippen LogP contribution in [0, 0.1) is 0 Å². The number of rotatable bonds is 13. The second kappa shape index (κ2) is 13.9. The summed E-state index contributed by atoms with van der Waals surface area (Å²) in [5.74, 6) is -1.81. The molecule has 0 aliphatic carbocycles.